The standard InChI is InChI=1S/C20H27F3N6O/c1-3-14-9-17(20(21,22)23)29-18(25-14)10-15(26-29)16-5-4-7-28(16)19(30)6-8-27-12-13(2)11-24-27/h10-12,14,16-17,25H,3-9H2,1-2H3/t14-,16+,17-/m1/s1. The summed E-state index contributed by atoms with van der Waals surface area (Å²) in [6.45, 7) is 4.88. The number of hydrogen-bond acceptors (Lipinski definition) is 4. The number of nitrogens with zero attached hydrogens (tertiary/aromatic N) is 5. The van der Waals surface area contributed by atoms with Crippen LogP contribution in [0.4, 0.5) is 19.0 Å². The minimum Gasteiger partial charge on any atom is -0.367 e. The molecule has 7 nitrogen and oxygen atoms in total. The minimum absolute atomic E-state index is 0.0246. The monoisotopic (exact) mass is 424 g/mol. The fourth-order valence-electron chi connectivity index (χ4n) is 4.42. The molecule has 3 atom stereocenters. The van der Waals surface area contributed by atoms with Crippen molar-refractivity contribution >= 4 is 11.7 Å². The molecule has 1 fully saturated rings. The van der Waals surface area contributed by atoms with Crippen LogP contribution in [0.1, 0.15) is 62.4 Å². The highest BCUT2D eigenvalue weighted by Gasteiger charge is 2.46. The molecule has 1 saturated heterocycles. The lowest BCUT2D eigenvalue weighted by Crippen LogP contribution is -2.39. The molecule has 1 N–H and O–H groups in total. The quantitative estimate of drug-likeness (QED) is 0.792. The average molecular weight is 424 g/mol. The van der Waals surface area contributed by atoms with E-state index in [1.54, 1.807) is 21.8 Å². The van der Waals surface area contributed by atoms with Crippen LogP contribution in [-0.4, -0.2) is 49.1 Å². The van der Waals surface area contributed by atoms with Gasteiger partial charge in [0, 0.05) is 37.8 Å². The molecule has 1 amide bonds. The molecule has 0 unspecified atom stereocenters. The largest absolute Gasteiger partial charge is 0.410 e. The average Bonchev–Trinajstić information content (AvgIpc) is 3.42. The summed E-state index contributed by atoms with van der Waals surface area (Å²) in [7, 11) is 0. The lowest BCUT2D eigenvalue weighted by molar-refractivity contribution is -0.173. The van der Waals surface area contributed by atoms with Crippen LogP contribution in [0.3, 0.4) is 0 Å². The van der Waals surface area contributed by atoms with Gasteiger partial charge in [0.25, 0.3) is 0 Å². The van der Waals surface area contributed by atoms with E-state index >= 15 is 0 Å². The first-order valence-electron chi connectivity index (χ1n) is 10.5. The summed E-state index contributed by atoms with van der Waals surface area (Å²) in [4.78, 5) is 14.6. The number of halogens is 3. The predicted molar refractivity (Wildman–Crippen MR) is 105 cm³/mol. The number of nitrogens with one attached hydrogen (secondary N) is 1. The minimum atomic E-state index is -4.36. The zero-order chi connectivity index (χ0) is 21.5. The maximum absolute atomic E-state index is 13.6. The van der Waals surface area contributed by atoms with Crippen LogP contribution >= 0.6 is 0 Å². The van der Waals surface area contributed by atoms with Gasteiger partial charge in [0.05, 0.1) is 17.9 Å². The fraction of sp³-hybridized carbons (Fsp3) is 0.650. The molecule has 164 valence electrons. The number of carbonyl (C=O) groups is 1. The van der Waals surface area contributed by atoms with Crippen LogP contribution in [-0.2, 0) is 11.3 Å². The molecule has 2 aromatic rings. The van der Waals surface area contributed by atoms with Crippen molar-refractivity contribution in [1.82, 2.24) is 24.5 Å². The van der Waals surface area contributed by atoms with Gasteiger partial charge in [-0.2, -0.15) is 23.4 Å². The Kier molecular flexibility index (Phi) is 5.50. The van der Waals surface area contributed by atoms with Crippen LogP contribution in [0.5, 0.6) is 0 Å². The number of aryl methyl sites for hydroxylation is 2. The van der Waals surface area contributed by atoms with Gasteiger partial charge in [-0.1, -0.05) is 6.92 Å². The molecule has 2 aliphatic heterocycles. The molecular weight excluding hydrogens is 397 g/mol. The predicted octanol–water partition coefficient (Wildman–Crippen LogP) is 3.84. The number of hydrogen-bond donors (Lipinski definition) is 1. The van der Waals surface area contributed by atoms with Crippen LogP contribution in [0.15, 0.2) is 18.5 Å². The van der Waals surface area contributed by atoms with Crippen LogP contribution < -0.4 is 5.32 Å². The number of alkyl halides is 3. The highest BCUT2D eigenvalue weighted by atomic mass is 19.4. The van der Waals surface area contributed by atoms with Gasteiger partial charge in [-0.25, -0.2) is 4.68 Å². The Morgan fingerprint density at radius 1 is 1.37 bits per heavy atom. The second-order valence-electron chi connectivity index (χ2n) is 8.22. The van der Waals surface area contributed by atoms with Crippen LogP contribution in [0.2, 0.25) is 0 Å². The Morgan fingerprint density at radius 3 is 2.83 bits per heavy atom. The Bertz CT molecular complexity index is 905. The molecule has 0 bridgehead atoms. The van der Waals surface area contributed by atoms with Gasteiger partial charge in [-0.15, -0.1) is 0 Å². The first kappa shape index (κ1) is 20.7. The first-order chi connectivity index (χ1) is 14.3. The summed E-state index contributed by atoms with van der Waals surface area (Å²) >= 11 is 0. The van der Waals surface area contributed by atoms with Gasteiger partial charge >= 0.3 is 6.18 Å². The van der Waals surface area contributed by atoms with E-state index in [9.17, 15) is 18.0 Å². The van der Waals surface area contributed by atoms with E-state index in [-0.39, 0.29) is 24.4 Å². The third kappa shape index (κ3) is 4.04. The maximum Gasteiger partial charge on any atom is 0.410 e. The zero-order valence-electron chi connectivity index (χ0n) is 17.2. The van der Waals surface area contributed by atoms with E-state index in [0.717, 1.165) is 16.7 Å². The van der Waals surface area contributed by atoms with Crippen molar-refractivity contribution < 1.29 is 18.0 Å². The molecule has 0 radical (unpaired) electrons. The van der Waals surface area contributed by atoms with Crippen molar-refractivity contribution in [2.24, 2.45) is 0 Å². The van der Waals surface area contributed by atoms with E-state index in [1.807, 2.05) is 20.0 Å². The third-order valence-electron chi connectivity index (χ3n) is 6.01. The number of carbonyl (C=O) groups excluding carboxylic acids is 1. The number of rotatable bonds is 5. The van der Waals surface area contributed by atoms with Gasteiger partial charge in [0.15, 0.2) is 6.04 Å². The summed E-state index contributed by atoms with van der Waals surface area (Å²) in [6.07, 6.45) is 1.65. The molecule has 0 saturated carbocycles. The topological polar surface area (TPSA) is 68.0 Å². The molecule has 2 aromatic heterocycles. The third-order valence-corrected chi connectivity index (χ3v) is 6.01. The molecule has 2 aliphatic rings. The molecule has 30 heavy (non-hydrogen) atoms. The zero-order valence-corrected chi connectivity index (χ0v) is 17.2. The van der Waals surface area contributed by atoms with E-state index in [1.165, 1.54) is 0 Å². The lowest BCUT2D eigenvalue weighted by atomic mass is 10.0. The van der Waals surface area contributed by atoms with Crippen molar-refractivity contribution in [2.75, 3.05) is 11.9 Å². The van der Waals surface area contributed by atoms with Gasteiger partial charge in [0.2, 0.25) is 5.91 Å². The smallest absolute Gasteiger partial charge is 0.367 e. The Balaban J connectivity index is 1.52. The van der Waals surface area contributed by atoms with E-state index in [0.29, 0.717) is 43.9 Å². The van der Waals surface area contributed by atoms with Crippen molar-refractivity contribution in [2.45, 2.75) is 76.8 Å². The molecule has 4 rings (SSSR count). The summed E-state index contributed by atoms with van der Waals surface area (Å²) in [5.41, 5.74) is 1.56. The second kappa shape index (κ2) is 7.96. The van der Waals surface area contributed by atoms with E-state index in [4.69, 9.17) is 0 Å². The Hall–Kier alpha value is -2.52. The van der Waals surface area contributed by atoms with E-state index < -0.39 is 12.2 Å². The first-order valence-corrected chi connectivity index (χ1v) is 10.5. The maximum atomic E-state index is 13.6. The van der Waals surface area contributed by atoms with Crippen molar-refractivity contribution in [1.29, 1.82) is 0 Å². The molecule has 4 heterocycles. The molecule has 0 spiro atoms. The summed E-state index contributed by atoms with van der Waals surface area (Å²) in [5, 5.41) is 11.7. The summed E-state index contributed by atoms with van der Waals surface area (Å²) < 4.78 is 43.7. The van der Waals surface area contributed by atoms with Crippen molar-refractivity contribution in [3.8, 4) is 0 Å². The normalized spacial score (nSPS) is 24.0. The number of likely N-dealkylation sites (tertiary alicyclic amines) is 1. The summed E-state index contributed by atoms with van der Waals surface area (Å²) in [6, 6.07) is -0.479. The molecule has 10 heteroatoms. The molecule has 0 aromatic carbocycles. The number of aromatic nitrogens is 4. The van der Waals surface area contributed by atoms with E-state index in [2.05, 4.69) is 15.5 Å². The highest BCUT2D eigenvalue weighted by molar-refractivity contribution is 5.77. The SMILES string of the molecule is CC[C@@H]1C[C@H](C(F)(F)F)n2nc([C@@H]3CCCN3C(=O)CCn3cc(C)cn3)cc2N1. The highest BCUT2D eigenvalue weighted by Crippen LogP contribution is 2.42. The number of fused-ring (bicyclic) bond motifs is 1. The molecule has 0 aliphatic carbocycles. The Morgan fingerprint density at radius 2 is 2.17 bits per heavy atom. The number of anilines is 1. The fourth-order valence-corrected chi connectivity index (χ4v) is 4.42. The Labute approximate surface area is 173 Å². The van der Waals surface area contributed by atoms with Gasteiger partial charge in [-0.05, 0) is 38.2 Å². The van der Waals surface area contributed by atoms with Gasteiger partial charge in [-0.3, -0.25) is 9.48 Å². The van der Waals surface area contributed by atoms with Crippen LogP contribution in [0, 0.1) is 6.92 Å². The van der Waals surface area contributed by atoms with Crippen molar-refractivity contribution in [3.63, 3.8) is 0 Å². The number of amides is 1. The second-order valence-corrected chi connectivity index (χ2v) is 8.22. The van der Waals surface area contributed by atoms with Crippen LogP contribution in [0.25, 0.3) is 0 Å². The van der Waals surface area contributed by atoms with Gasteiger partial charge in [0.1, 0.15) is 5.82 Å². The van der Waals surface area contributed by atoms with Crippen molar-refractivity contribution in [3.05, 3.63) is 29.7 Å². The summed E-state index contributed by atoms with van der Waals surface area (Å²) in [5.74, 6) is 0.361. The van der Waals surface area contributed by atoms with Gasteiger partial charge < -0.3 is 10.2 Å². The molecular formula is C20H27F3N6O. The lowest BCUT2D eigenvalue weighted by Gasteiger charge is -2.32.